The molecule has 0 spiro atoms. The van der Waals surface area contributed by atoms with Gasteiger partial charge < -0.3 is 14.8 Å². The van der Waals surface area contributed by atoms with E-state index in [1.54, 1.807) is 13.8 Å². The van der Waals surface area contributed by atoms with E-state index in [2.05, 4.69) is 11.4 Å². The van der Waals surface area contributed by atoms with E-state index in [4.69, 9.17) is 9.47 Å². The van der Waals surface area contributed by atoms with Crippen molar-refractivity contribution in [1.29, 1.82) is 5.26 Å². The topological polar surface area (TPSA) is 91.7 Å². The summed E-state index contributed by atoms with van der Waals surface area (Å²) in [6.45, 7) is 9.19. The fourth-order valence-corrected chi connectivity index (χ4v) is 3.98. The third-order valence-electron chi connectivity index (χ3n) is 3.83. The second-order valence-electron chi connectivity index (χ2n) is 6.09. The van der Waals surface area contributed by atoms with E-state index < -0.39 is 5.97 Å². The third kappa shape index (κ3) is 4.78. The maximum Gasteiger partial charge on any atom is 0.348 e. The number of carbonyl (C=O) groups excluding carboxylic acids is 2. The summed E-state index contributed by atoms with van der Waals surface area (Å²) in [5, 5.41) is 12.5. The van der Waals surface area contributed by atoms with E-state index in [0.29, 0.717) is 34.1 Å². The lowest BCUT2D eigenvalue weighted by Gasteiger charge is -2.34. The number of hydrogen-bond donors (Lipinski definition) is 1. The van der Waals surface area contributed by atoms with Gasteiger partial charge in [0.15, 0.2) is 0 Å². The number of ether oxygens (including phenoxy) is 2. The highest BCUT2D eigenvalue weighted by Crippen LogP contribution is 2.33. The molecule has 0 aromatic carbocycles. The zero-order chi connectivity index (χ0) is 18.6. The van der Waals surface area contributed by atoms with Crippen LogP contribution >= 0.6 is 11.3 Å². The van der Waals surface area contributed by atoms with Gasteiger partial charge in [0, 0.05) is 13.1 Å². The molecule has 1 saturated heterocycles. The Bertz CT molecular complexity index is 685. The summed E-state index contributed by atoms with van der Waals surface area (Å²) in [6, 6.07) is 2.06. The Kier molecular flexibility index (Phi) is 6.53. The van der Waals surface area contributed by atoms with Gasteiger partial charge in [-0.2, -0.15) is 5.26 Å². The molecule has 1 aromatic rings. The van der Waals surface area contributed by atoms with E-state index in [9.17, 15) is 14.9 Å². The van der Waals surface area contributed by atoms with E-state index in [1.165, 1.54) is 0 Å². The molecule has 1 N–H and O–H groups in total. The summed E-state index contributed by atoms with van der Waals surface area (Å²) in [5.74, 6) is -0.688. The van der Waals surface area contributed by atoms with Crippen molar-refractivity contribution >= 4 is 28.2 Å². The molecular weight excluding hydrogens is 342 g/mol. The maximum absolute atomic E-state index is 12.4. The van der Waals surface area contributed by atoms with Gasteiger partial charge in [-0.3, -0.25) is 9.69 Å². The Morgan fingerprint density at radius 2 is 2.04 bits per heavy atom. The van der Waals surface area contributed by atoms with Crippen LogP contribution in [0.5, 0.6) is 0 Å². The number of rotatable bonds is 5. The first-order valence-corrected chi connectivity index (χ1v) is 9.05. The Hall–Kier alpha value is -1.95. The van der Waals surface area contributed by atoms with Gasteiger partial charge in [-0.1, -0.05) is 0 Å². The standard InChI is InChI=1S/C17H23N3O4S/c1-5-23-17(22)15-12(4)13(6-18)16(25-15)19-14(21)9-20-7-10(2)24-11(3)8-20/h10-11H,5,7-9H2,1-4H3,(H,19,21)/t10-,11+. The molecule has 1 aromatic heterocycles. The average molecular weight is 365 g/mol. The van der Waals surface area contributed by atoms with Gasteiger partial charge >= 0.3 is 5.97 Å². The van der Waals surface area contributed by atoms with Crippen molar-refractivity contribution in [3.63, 3.8) is 0 Å². The van der Waals surface area contributed by atoms with Crippen LogP contribution in [0.15, 0.2) is 0 Å². The second kappa shape index (κ2) is 8.43. The van der Waals surface area contributed by atoms with Crippen LogP contribution in [0.4, 0.5) is 5.00 Å². The number of nitrogens with zero attached hydrogens (tertiary/aromatic N) is 2. The summed E-state index contributed by atoms with van der Waals surface area (Å²) in [6.07, 6.45) is 0.149. The SMILES string of the molecule is CCOC(=O)c1sc(NC(=O)CN2C[C@@H](C)O[C@@H](C)C2)c(C#N)c1C. The van der Waals surface area contributed by atoms with Crippen LogP contribution in [-0.2, 0) is 14.3 Å². The van der Waals surface area contributed by atoms with Gasteiger partial charge in [0.05, 0.1) is 30.9 Å². The van der Waals surface area contributed by atoms with E-state index in [1.807, 2.05) is 18.7 Å². The Morgan fingerprint density at radius 3 is 2.60 bits per heavy atom. The molecule has 0 saturated carbocycles. The first kappa shape index (κ1) is 19.4. The van der Waals surface area contributed by atoms with Crippen LogP contribution in [0.1, 0.15) is 41.6 Å². The number of nitrogens with one attached hydrogen (secondary N) is 1. The highest BCUT2D eigenvalue weighted by atomic mass is 32.1. The van der Waals surface area contributed by atoms with Crippen molar-refractivity contribution in [2.75, 3.05) is 31.6 Å². The number of amides is 1. The molecule has 25 heavy (non-hydrogen) atoms. The van der Waals surface area contributed by atoms with Crippen LogP contribution in [0, 0.1) is 18.3 Å². The fourth-order valence-electron chi connectivity index (χ4n) is 2.91. The summed E-state index contributed by atoms with van der Waals surface area (Å²) in [5.41, 5.74) is 0.847. The highest BCUT2D eigenvalue weighted by Gasteiger charge is 2.26. The number of hydrogen-bond acceptors (Lipinski definition) is 7. The first-order chi connectivity index (χ1) is 11.8. The van der Waals surface area contributed by atoms with Crippen molar-refractivity contribution in [1.82, 2.24) is 4.90 Å². The molecule has 7 nitrogen and oxygen atoms in total. The van der Waals surface area contributed by atoms with Crippen LogP contribution in [-0.4, -0.2) is 55.2 Å². The lowest BCUT2D eigenvalue weighted by Crippen LogP contribution is -2.48. The minimum absolute atomic E-state index is 0.0746. The zero-order valence-corrected chi connectivity index (χ0v) is 15.7. The normalized spacial score (nSPS) is 20.8. The van der Waals surface area contributed by atoms with Crippen LogP contribution < -0.4 is 5.32 Å². The predicted molar refractivity (Wildman–Crippen MR) is 94.8 cm³/mol. The second-order valence-corrected chi connectivity index (χ2v) is 7.11. The van der Waals surface area contributed by atoms with Gasteiger partial charge in [0.2, 0.25) is 5.91 Å². The van der Waals surface area contributed by atoms with Gasteiger partial charge in [-0.15, -0.1) is 11.3 Å². The van der Waals surface area contributed by atoms with Crippen LogP contribution in [0.2, 0.25) is 0 Å². The number of anilines is 1. The number of carbonyl (C=O) groups is 2. The van der Waals surface area contributed by atoms with Crippen molar-refractivity contribution in [3.05, 3.63) is 16.0 Å². The first-order valence-electron chi connectivity index (χ1n) is 8.23. The summed E-state index contributed by atoms with van der Waals surface area (Å²) < 4.78 is 10.7. The highest BCUT2D eigenvalue weighted by molar-refractivity contribution is 7.18. The molecule has 136 valence electrons. The van der Waals surface area contributed by atoms with E-state index in [-0.39, 0.29) is 31.3 Å². The Balaban J connectivity index is 2.09. The molecule has 8 heteroatoms. The van der Waals surface area contributed by atoms with Gasteiger partial charge in [0.25, 0.3) is 0 Å². The molecule has 2 atom stereocenters. The lowest BCUT2D eigenvalue weighted by molar-refractivity contribution is -0.121. The molecule has 2 rings (SSSR count). The molecule has 0 aliphatic carbocycles. The lowest BCUT2D eigenvalue weighted by atomic mass is 10.2. The van der Waals surface area contributed by atoms with Gasteiger partial charge in [-0.05, 0) is 33.3 Å². The molecule has 1 amide bonds. The van der Waals surface area contributed by atoms with E-state index >= 15 is 0 Å². The number of thiophene rings is 1. The van der Waals surface area contributed by atoms with Crippen molar-refractivity contribution in [2.45, 2.75) is 39.9 Å². The summed E-state index contributed by atoms with van der Waals surface area (Å²) in [7, 11) is 0. The van der Waals surface area contributed by atoms with E-state index in [0.717, 1.165) is 11.3 Å². The number of esters is 1. The minimum Gasteiger partial charge on any atom is -0.462 e. The van der Waals surface area contributed by atoms with Gasteiger partial charge in [-0.25, -0.2) is 4.79 Å². The third-order valence-corrected chi connectivity index (χ3v) is 5.02. The molecule has 1 aliphatic rings. The molecule has 0 radical (unpaired) electrons. The monoisotopic (exact) mass is 365 g/mol. The Labute approximate surface area is 151 Å². The largest absolute Gasteiger partial charge is 0.462 e. The maximum atomic E-state index is 12.4. The Morgan fingerprint density at radius 1 is 1.40 bits per heavy atom. The van der Waals surface area contributed by atoms with Crippen molar-refractivity contribution in [2.24, 2.45) is 0 Å². The fraction of sp³-hybridized carbons (Fsp3) is 0.588. The molecule has 0 unspecified atom stereocenters. The molecule has 1 aliphatic heterocycles. The smallest absolute Gasteiger partial charge is 0.348 e. The molecule has 2 heterocycles. The zero-order valence-electron chi connectivity index (χ0n) is 14.9. The van der Waals surface area contributed by atoms with Gasteiger partial charge in [0.1, 0.15) is 15.9 Å². The summed E-state index contributed by atoms with van der Waals surface area (Å²) in [4.78, 5) is 26.7. The number of nitriles is 1. The molecular formula is C17H23N3O4S. The van der Waals surface area contributed by atoms with Crippen molar-refractivity contribution in [3.8, 4) is 6.07 Å². The quantitative estimate of drug-likeness (QED) is 0.804. The predicted octanol–water partition coefficient (Wildman–Crippen LogP) is 2.15. The minimum atomic E-state index is -0.474. The summed E-state index contributed by atoms with van der Waals surface area (Å²) >= 11 is 1.08. The van der Waals surface area contributed by atoms with Crippen LogP contribution in [0.25, 0.3) is 0 Å². The van der Waals surface area contributed by atoms with Crippen molar-refractivity contribution < 1.29 is 19.1 Å². The molecule has 1 fully saturated rings. The molecule has 0 bridgehead atoms. The number of morpholine rings is 1. The average Bonchev–Trinajstić information content (AvgIpc) is 2.82. The van der Waals surface area contributed by atoms with Crippen LogP contribution in [0.3, 0.4) is 0 Å².